The zero-order valence-electron chi connectivity index (χ0n) is 19.0. The number of fused-ring (bicyclic) bond motifs is 1. The quantitative estimate of drug-likeness (QED) is 0.440. The predicted molar refractivity (Wildman–Crippen MR) is 129 cm³/mol. The fourth-order valence-electron chi connectivity index (χ4n) is 4.50. The number of rotatable bonds is 8. The van der Waals surface area contributed by atoms with Crippen LogP contribution in [-0.2, 0) is 24.3 Å². The molecule has 0 saturated carbocycles. The van der Waals surface area contributed by atoms with E-state index in [0.29, 0.717) is 6.61 Å². The van der Waals surface area contributed by atoms with Crippen LogP contribution in [0.3, 0.4) is 0 Å². The summed E-state index contributed by atoms with van der Waals surface area (Å²) in [5.41, 5.74) is 3.47. The first-order valence-corrected chi connectivity index (χ1v) is 11.6. The topological polar surface area (TPSA) is 61.2 Å². The van der Waals surface area contributed by atoms with Crippen LogP contribution in [0, 0.1) is 0 Å². The summed E-state index contributed by atoms with van der Waals surface area (Å²) in [6.07, 6.45) is 4.07. The summed E-state index contributed by atoms with van der Waals surface area (Å²) in [5.74, 6) is 1.13. The Labute approximate surface area is 194 Å². The Balaban J connectivity index is 1.21. The number of aromatic nitrogens is 3. The van der Waals surface area contributed by atoms with Crippen LogP contribution < -0.4 is 10.1 Å². The summed E-state index contributed by atoms with van der Waals surface area (Å²) in [5, 5.41) is 14.9. The van der Waals surface area contributed by atoms with Gasteiger partial charge in [0.05, 0.1) is 25.5 Å². The maximum absolute atomic E-state index is 6.39. The van der Waals surface area contributed by atoms with Crippen molar-refractivity contribution in [1.82, 2.24) is 20.3 Å². The highest BCUT2D eigenvalue weighted by atomic mass is 16.5. The molecule has 0 radical (unpaired) electrons. The molecule has 1 N–H and O–H groups in total. The molecule has 2 heterocycles. The molecule has 170 valence electrons. The van der Waals surface area contributed by atoms with E-state index in [1.54, 1.807) is 7.11 Å². The molecular weight excluding hydrogens is 412 g/mol. The van der Waals surface area contributed by atoms with E-state index in [-0.39, 0.29) is 12.0 Å². The maximum atomic E-state index is 6.39. The van der Waals surface area contributed by atoms with E-state index in [4.69, 9.17) is 9.47 Å². The second kappa shape index (κ2) is 10.1. The first-order chi connectivity index (χ1) is 16.3. The normalized spacial score (nSPS) is 18.5. The zero-order valence-corrected chi connectivity index (χ0v) is 19.0. The summed E-state index contributed by atoms with van der Waals surface area (Å²) in [6.45, 7) is 3.20. The average Bonchev–Trinajstić information content (AvgIpc) is 3.35. The number of hydrogen-bond donors (Lipinski definition) is 1. The average molecular weight is 443 g/mol. The summed E-state index contributed by atoms with van der Waals surface area (Å²) >= 11 is 0. The summed E-state index contributed by atoms with van der Waals surface area (Å²) in [4.78, 5) is 0. The van der Waals surface area contributed by atoms with E-state index in [0.717, 1.165) is 43.9 Å². The number of ether oxygens (including phenoxy) is 2. The smallest absolute Gasteiger partial charge is 0.118 e. The lowest BCUT2D eigenvalue weighted by Gasteiger charge is -2.30. The molecule has 0 amide bonds. The molecule has 6 heteroatoms. The number of benzene rings is 3. The molecule has 0 bridgehead atoms. The number of nitrogens with one attached hydrogen (secondary N) is 1. The second-order valence-electron chi connectivity index (χ2n) is 8.63. The van der Waals surface area contributed by atoms with Crippen molar-refractivity contribution in [2.75, 3.05) is 20.2 Å². The second-order valence-corrected chi connectivity index (χ2v) is 8.63. The van der Waals surface area contributed by atoms with Crippen LogP contribution in [0.5, 0.6) is 5.75 Å². The van der Waals surface area contributed by atoms with Crippen LogP contribution in [-0.4, -0.2) is 41.3 Å². The van der Waals surface area contributed by atoms with E-state index in [9.17, 15) is 0 Å². The molecule has 5 rings (SSSR count). The molecule has 1 aromatic heterocycles. The van der Waals surface area contributed by atoms with E-state index in [2.05, 4.69) is 76.4 Å². The number of methoxy groups -OCH3 is 1. The molecule has 1 aliphatic rings. The van der Waals surface area contributed by atoms with Crippen molar-refractivity contribution in [2.45, 2.75) is 38.0 Å². The molecule has 1 fully saturated rings. The van der Waals surface area contributed by atoms with E-state index >= 15 is 0 Å². The summed E-state index contributed by atoms with van der Waals surface area (Å²) < 4.78 is 13.6. The first-order valence-electron chi connectivity index (χ1n) is 11.6. The lowest BCUT2D eigenvalue weighted by molar-refractivity contribution is 0.00969. The highest BCUT2D eigenvalue weighted by Gasteiger charge is 2.29. The van der Waals surface area contributed by atoms with E-state index < -0.39 is 0 Å². The Kier molecular flexibility index (Phi) is 6.65. The Morgan fingerprint density at radius 2 is 1.82 bits per heavy atom. The van der Waals surface area contributed by atoms with Gasteiger partial charge in [0.2, 0.25) is 0 Å². The van der Waals surface area contributed by atoms with Crippen molar-refractivity contribution in [3.05, 3.63) is 89.7 Å². The van der Waals surface area contributed by atoms with Crippen LogP contribution >= 0.6 is 0 Å². The van der Waals surface area contributed by atoms with Gasteiger partial charge in [0, 0.05) is 25.2 Å². The largest absolute Gasteiger partial charge is 0.497 e. The third kappa shape index (κ3) is 5.24. The van der Waals surface area contributed by atoms with Crippen LogP contribution in [0.25, 0.3) is 10.8 Å². The SMILES string of the molecule is COc1ccc(CCn2cc([C@H]3CCNC[C@@H]3OCc3ccc4ccccc4c3)nn2)cc1. The van der Waals surface area contributed by atoms with Gasteiger partial charge in [0.25, 0.3) is 0 Å². The van der Waals surface area contributed by atoms with Crippen LogP contribution in [0.2, 0.25) is 0 Å². The predicted octanol–water partition coefficient (Wildman–Crippen LogP) is 4.34. The molecule has 33 heavy (non-hydrogen) atoms. The standard InChI is InChI=1S/C27H30N4O2/c1-32-24-10-7-20(8-11-24)13-15-31-18-26(29-30-31)25-12-14-28-17-27(25)33-19-21-6-9-22-4-2-3-5-23(22)16-21/h2-11,16,18,25,27-28H,12-15,17,19H2,1H3/t25-,27+/m1/s1. The van der Waals surface area contributed by atoms with Crippen molar-refractivity contribution >= 4 is 10.8 Å². The van der Waals surface area contributed by atoms with Gasteiger partial charge in [-0.15, -0.1) is 5.10 Å². The Hall–Kier alpha value is -3.22. The number of piperidine rings is 1. The molecule has 6 nitrogen and oxygen atoms in total. The maximum Gasteiger partial charge on any atom is 0.118 e. The summed E-state index contributed by atoms with van der Waals surface area (Å²) in [7, 11) is 1.69. The van der Waals surface area contributed by atoms with Gasteiger partial charge in [0.1, 0.15) is 5.75 Å². The molecule has 4 aromatic rings. The van der Waals surface area contributed by atoms with Gasteiger partial charge in [-0.2, -0.15) is 0 Å². The molecule has 0 aliphatic carbocycles. The van der Waals surface area contributed by atoms with Crippen molar-refractivity contribution < 1.29 is 9.47 Å². The third-order valence-corrected chi connectivity index (χ3v) is 6.43. The van der Waals surface area contributed by atoms with Gasteiger partial charge in [-0.1, -0.05) is 53.7 Å². The highest BCUT2D eigenvalue weighted by molar-refractivity contribution is 5.82. The Morgan fingerprint density at radius 3 is 2.67 bits per heavy atom. The van der Waals surface area contributed by atoms with Gasteiger partial charge in [-0.05, 0) is 59.5 Å². The molecule has 3 aromatic carbocycles. The number of hydrogen-bond acceptors (Lipinski definition) is 5. The first kappa shape index (κ1) is 21.6. The van der Waals surface area contributed by atoms with Gasteiger partial charge in [0.15, 0.2) is 0 Å². The van der Waals surface area contributed by atoms with Gasteiger partial charge >= 0.3 is 0 Å². The van der Waals surface area contributed by atoms with Crippen LogP contribution in [0.1, 0.15) is 29.2 Å². The minimum Gasteiger partial charge on any atom is -0.497 e. The van der Waals surface area contributed by atoms with Gasteiger partial charge in [-0.3, -0.25) is 4.68 Å². The van der Waals surface area contributed by atoms with E-state index in [1.807, 2.05) is 16.8 Å². The minimum atomic E-state index is 0.0805. The fraction of sp³-hybridized carbons (Fsp3) is 0.333. The molecule has 0 unspecified atom stereocenters. The van der Waals surface area contributed by atoms with Crippen LogP contribution in [0.15, 0.2) is 72.9 Å². The Bertz CT molecular complexity index is 1190. The van der Waals surface area contributed by atoms with Crippen molar-refractivity contribution in [1.29, 1.82) is 0 Å². The van der Waals surface area contributed by atoms with Gasteiger partial charge < -0.3 is 14.8 Å². The van der Waals surface area contributed by atoms with Crippen LogP contribution in [0.4, 0.5) is 0 Å². The van der Waals surface area contributed by atoms with Gasteiger partial charge in [-0.25, -0.2) is 0 Å². The van der Waals surface area contributed by atoms with Crippen molar-refractivity contribution in [2.24, 2.45) is 0 Å². The highest BCUT2D eigenvalue weighted by Crippen LogP contribution is 2.27. The lowest BCUT2D eigenvalue weighted by Crippen LogP contribution is -2.41. The lowest BCUT2D eigenvalue weighted by atomic mass is 9.92. The zero-order chi connectivity index (χ0) is 22.5. The minimum absolute atomic E-state index is 0.0805. The van der Waals surface area contributed by atoms with E-state index in [1.165, 1.54) is 21.9 Å². The number of aryl methyl sites for hydroxylation is 2. The molecular formula is C27H30N4O2. The Morgan fingerprint density at radius 1 is 1.00 bits per heavy atom. The molecule has 0 spiro atoms. The monoisotopic (exact) mass is 442 g/mol. The third-order valence-electron chi connectivity index (χ3n) is 6.43. The number of nitrogens with zero attached hydrogens (tertiary/aromatic N) is 3. The van der Waals surface area contributed by atoms with Crippen molar-refractivity contribution in [3.63, 3.8) is 0 Å². The molecule has 1 saturated heterocycles. The molecule has 1 aliphatic heterocycles. The fourth-order valence-corrected chi connectivity index (χ4v) is 4.50. The molecule has 2 atom stereocenters. The van der Waals surface area contributed by atoms with Crippen molar-refractivity contribution in [3.8, 4) is 5.75 Å². The summed E-state index contributed by atoms with van der Waals surface area (Å²) in [6, 6.07) is 23.2.